The Morgan fingerprint density at radius 3 is 2.48 bits per heavy atom. The molecule has 1 aromatic carbocycles. The molecule has 6 nitrogen and oxygen atoms in total. The molecule has 0 aliphatic carbocycles. The summed E-state index contributed by atoms with van der Waals surface area (Å²) in [6.45, 7) is 1.52. The molecule has 1 fully saturated rings. The summed E-state index contributed by atoms with van der Waals surface area (Å²) in [7, 11) is -3.75. The number of hydrogen-bond acceptors (Lipinski definition) is 5. The van der Waals surface area contributed by atoms with Crippen LogP contribution in [0.25, 0.3) is 0 Å². The van der Waals surface area contributed by atoms with Crippen LogP contribution >= 0.6 is 15.9 Å². The highest BCUT2D eigenvalue weighted by atomic mass is 79.9. The number of nitrogens with zero attached hydrogens (tertiary/aromatic N) is 2. The maximum absolute atomic E-state index is 12.8. The zero-order valence-corrected chi connectivity index (χ0v) is 17.7. The molecule has 11 heteroatoms. The lowest BCUT2D eigenvalue weighted by Gasteiger charge is -2.36. The zero-order chi connectivity index (χ0) is 21.4. The van der Waals surface area contributed by atoms with E-state index in [1.165, 1.54) is 23.4 Å². The van der Waals surface area contributed by atoms with Gasteiger partial charge in [0, 0.05) is 23.8 Å². The Hall–Kier alpha value is -1.69. The Bertz CT molecular complexity index is 984. The molecule has 0 unspecified atom stereocenters. The third kappa shape index (κ3) is 4.90. The third-order valence-electron chi connectivity index (χ3n) is 4.72. The van der Waals surface area contributed by atoms with Gasteiger partial charge in [0.05, 0.1) is 22.6 Å². The van der Waals surface area contributed by atoms with Crippen LogP contribution in [0.2, 0.25) is 0 Å². The van der Waals surface area contributed by atoms with E-state index in [0.717, 1.165) is 16.7 Å². The van der Waals surface area contributed by atoms with Crippen molar-refractivity contribution in [3.63, 3.8) is 0 Å². The van der Waals surface area contributed by atoms with Crippen molar-refractivity contribution < 1.29 is 26.7 Å². The fourth-order valence-electron chi connectivity index (χ4n) is 3.10. The van der Waals surface area contributed by atoms with Crippen molar-refractivity contribution in [2.75, 3.05) is 18.4 Å². The monoisotopic (exact) mass is 493 g/mol. The van der Waals surface area contributed by atoms with Crippen molar-refractivity contribution in [2.45, 2.75) is 36.6 Å². The SMILES string of the molecule is Cc1cc(C(F)(F)F)cnc1N[C@@H]1CCN(S(=O)(=O)c2ccc(Br)cc2)C[C@@H]1O. The summed E-state index contributed by atoms with van der Waals surface area (Å²) >= 11 is 3.25. The number of aliphatic hydroxyl groups is 1. The minimum atomic E-state index is -4.48. The van der Waals surface area contributed by atoms with E-state index in [-0.39, 0.29) is 35.8 Å². The van der Waals surface area contributed by atoms with Crippen molar-refractivity contribution in [2.24, 2.45) is 0 Å². The van der Waals surface area contributed by atoms with Gasteiger partial charge in [0.2, 0.25) is 10.0 Å². The summed E-state index contributed by atoms with van der Waals surface area (Å²) in [6.07, 6.45) is -4.52. The summed E-state index contributed by atoms with van der Waals surface area (Å²) < 4.78 is 65.8. The van der Waals surface area contributed by atoms with Gasteiger partial charge >= 0.3 is 6.18 Å². The predicted molar refractivity (Wildman–Crippen MR) is 105 cm³/mol. The number of nitrogens with one attached hydrogen (secondary N) is 1. The summed E-state index contributed by atoms with van der Waals surface area (Å²) in [5.74, 6) is 0.228. The lowest BCUT2D eigenvalue weighted by atomic mass is 10.0. The highest BCUT2D eigenvalue weighted by Gasteiger charge is 2.35. The lowest BCUT2D eigenvalue weighted by molar-refractivity contribution is -0.137. The molecule has 2 aromatic rings. The average Bonchev–Trinajstić information content (AvgIpc) is 2.64. The quantitative estimate of drug-likeness (QED) is 0.681. The topological polar surface area (TPSA) is 82.5 Å². The molecule has 158 valence electrons. The van der Waals surface area contributed by atoms with Crippen LogP contribution in [-0.4, -0.2) is 48.0 Å². The average molecular weight is 494 g/mol. The normalized spacial score (nSPS) is 21.2. The maximum atomic E-state index is 12.8. The second-order valence-electron chi connectivity index (χ2n) is 6.81. The van der Waals surface area contributed by atoms with Crippen molar-refractivity contribution in [1.82, 2.24) is 9.29 Å². The highest BCUT2D eigenvalue weighted by Crippen LogP contribution is 2.31. The number of rotatable bonds is 4. The molecule has 0 amide bonds. The van der Waals surface area contributed by atoms with E-state index in [9.17, 15) is 26.7 Å². The van der Waals surface area contributed by atoms with Gasteiger partial charge in [-0.25, -0.2) is 13.4 Å². The number of sulfonamides is 1. The molecule has 1 saturated heterocycles. The van der Waals surface area contributed by atoms with Crippen molar-refractivity contribution in [3.05, 3.63) is 52.1 Å². The molecular formula is C18H19BrF3N3O3S. The number of aromatic nitrogens is 1. The number of halogens is 4. The summed E-state index contributed by atoms with van der Waals surface area (Å²) in [4.78, 5) is 3.94. The van der Waals surface area contributed by atoms with Crippen LogP contribution < -0.4 is 5.32 Å². The Morgan fingerprint density at radius 2 is 1.93 bits per heavy atom. The van der Waals surface area contributed by atoms with Gasteiger partial charge in [-0.15, -0.1) is 0 Å². The molecular weight excluding hydrogens is 475 g/mol. The second-order valence-corrected chi connectivity index (χ2v) is 9.66. The molecule has 29 heavy (non-hydrogen) atoms. The van der Waals surface area contributed by atoms with E-state index >= 15 is 0 Å². The number of aryl methyl sites for hydroxylation is 1. The Labute approximate surface area is 174 Å². The Kier molecular flexibility index (Phi) is 6.23. The van der Waals surface area contributed by atoms with Gasteiger partial charge in [0.15, 0.2) is 0 Å². The van der Waals surface area contributed by atoms with Crippen LogP contribution in [0.1, 0.15) is 17.5 Å². The highest BCUT2D eigenvalue weighted by molar-refractivity contribution is 9.10. The minimum absolute atomic E-state index is 0.125. The molecule has 0 spiro atoms. The van der Waals surface area contributed by atoms with Crippen molar-refractivity contribution in [3.8, 4) is 0 Å². The number of benzene rings is 1. The maximum Gasteiger partial charge on any atom is 0.417 e. The smallest absolute Gasteiger partial charge is 0.390 e. The number of anilines is 1. The van der Waals surface area contributed by atoms with Gasteiger partial charge < -0.3 is 10.4 Å². The van der Waals surface area contributed by atoms with Gasteiger partial charge in [-0.1, -0.05) is 15.9 Å². The Balaban J connectivity index is 1.70. The fraction of sp³-hybridized carbons (Fsp3) is 0.389. The summed E-state index contributed by atoms with van der Waals surface area (Å²) in [5.41, 5.74) is -0.562. The second kappa shape index (κ2) is 8.21. The predicted octanol–water partition coefficient (Wildman–Crippen LogP) is 3.41. The first-order valence-electron chi connectivity index (χ1n) is 8.72. The molecule has 2 heterocycles. The van der Waals surface area contributed by atoms with Crippen LogP contribution in [0, 0.1) is 6.92 Å². The largest absolute Gasteiger partial charge is 0.417 e. The van der Waals surface area contributed by atoms with Crippen molar-refractivity contribution >= 4 is 31.8 Å². The van der Waals surface area contributed by atoms with E-state index in [1.54, 1.807) is 12.1 Å². The molecule has 0 radical (unpaired) electrons. The molecule has 3 rings (SSSR count). The van der Waals surface area contributed by atoms with E-state index in [4.69, 9.17) is 0 Å². The Morgan fingerprint density at radius 1 is 1.28 bits per heavy atom. The number of aliphatic hydroxyl groups excluding tert-OH is 1. The number of β-amino-alcohol motifs (C(OH)–C–C–N with tert-alkyl or cyclic N) is 1. The van der Waals surface area contributed by atoms with Gasteiger partial charge in [-0.05, 0) is 49.2 Å². The molecule has 2 N–H and O–H groups in total. The zero-order valence-electron chi connectivity index (χ0n) is 15.3. The van der Waals surface area contributed by atoms with Gasteiger partial charge in [0.1, 0.15) is 5.82 Å². The van der Waals surface area contributed by atoms with E-state index in [2.05, 4.69) is 26.2 Å². The summed E-state index contributed by atoms with van der Waals surface area (Å²) in [5, 5.41) is 13.4. The van der Waals surface area contributed by atoms with Crippen LogP contribution in [0.3, 0.4) is 0 Å². The summed E-state index contributed by atoms with van der Waals surface area (Å²) in [6, 6.07) is 6.65. The first-order valence-corrected chi connectivity index (χ1v) is 11.0. The van der Waals surface area contributed by atoms with Crippen LogP contribution in [0.15, 0.2) is 45.9 Å². The standard InChI is InChI=1S/C18H19BrF3N3O3S/c1-11-8-12(18(20,21)22)9-23-17(11)24-15-6-7-25(10-16(15)26)29(27,28)14-4-2-13(19)3-5-14/h2-5,8-9,15-16,26H,6-7,10H2,1H3,(H,23,24)/t15-,16+/m1/s1. The third-order valence-corrected chi connectivity index (χ3v) is 7.13. The first-order chi connectivity index (χ1) is 13.5. The van der Waals surface area contributed by atoms with Crippen molar-refractivity contribution in [1.29, 1.82) is 0 Å². The van der Waals surface area contributed by atoms with Crippen LogP contribution in [0.4, 0.5) is 19.0 Å². The molecule has 0 saturated carbocycles. The van der Waals surface area contributed by atoms with Crippen LogP contribution in [-0.2, 0) is 16.2 Å². The molecule has 1 aromatic heterocycles. The molecule has 2 atom stereocenters. The van der Waals surface area contributed by atoms with Gasteiger partial charge in [-0.3, -0.25) is 0 Å². The number of hydrogen-bond donors (Lipinski definition) is 2. The minimum Gasteiger partial charge on any atom is -0.390 e. The van der Waals surface area contributed by atoms with Crippen LogP contribution in [0.5, 0.6) is 0 Å². The fourth-order valence-corrected chi connectivity index (χ4v) is 4.84. The van der Waals surface area contributed by atoms with Gasteiger partial charge in [-0.2, -0.15) is 17.5 Å². The van der Waals surface area contributed by atoms with E-state index in [1.807, 2.05) is 0 Å². The molecule has 1 aliphatic rings. The number of pyridine rings is 1. The molecule has 1 aliphatic heterocycles. The van der Waals surface area contributed by atoms with E-state index < -0.39 is 33.9 Å². The number of alkyl halides is 3. The lowest BCUT2D eigenvalue weighted by Crippen LogP contribution is -2.51. The first kappa shape index (κ1) is 22.0. The number of piperidine rings is 1. The van der Waals surface area contributed by atoms with Gasteiger partial charge in [0.25, 0.3) is 0 Å². The van der Waals surface area contributed by atoms with E-state index in [0.29, 0.717) is 0 Å². The molecule has 0 bridgehead atoms.